The van der Waals surface area contributed by atoms with E-state index in [4.69, 9.17) is 4.52 Å². The number of rotatable bonds is 2. The number of carbonyl (C=O) groups is 1. The van der Waals surface area contributed by atoms with Gasteiger partial charge in [0.25, 0.3) is 5.91 Å². The number of fused-ring (bicyclic) bond motifs is 1. The first kappa shape index (κ1) is 12.2. The number of amides is 1. The van der Waals surface area contributed by atoms with E-state index in [-0.39, 0.29) is 5.56 Å². The number of aryl methyl sites for hydroxylation is 1. The molecule has 6 nitrogen and oxygen atoms in total. The molecule has 2 aromatic heterocycles. The summed E-state index contributed by atoms with van der Waals surface area (Å²) in [6, 6.07) is 9.98. The molecule has 0 aliphatic heterocycles. The number of para-hydroxylation sites is 1. The zero-order valence-corrected chi connectivity index (χ0v) is 10.6. The molecule has 0 aliphatic rings. The predicted octanol–water partition coefficient (Wildman–Crippen LogP) is 2.08. The van der Waals surface area contributed by atoms with Crippen molar-refractivity contribution >= 4 is 22.6 Å². The van der Waals surface area contributed by atoms with Crippen LogP contribution in [0, 0.1) is 6.92 Å². The Balaban J connectivity index is 2.05. The van der Waals surface area contributed by atoms with Gasteiger partial charge in [0.1, 0.15) is 5.76 Å². The highest BCUT2D eigenvalue weighted by Crippen LogP contribution is 2.16. The molecule has 0 saturated heterocycles. The summed E-state index contributed by atoms with van der Waals surface area (Å²) in [7, 11) is 0. The molecule has 3 rings (SSSR count). The highest BCUT2D eigenvalue weighted by atomic mass is 16.5. The molecular formula is C14H11N3O3. The summed E-state index contributed by atoms with van der Waals surface area (Å²) in [6.07, 6.45) is 0. The van der Waals surface area contributed by atoms with Crippen molar-refractivity contribution in [2.45, 2.75) is 6.92 Å². The van der Waals surface area contributed by atoms with E-state index in [0.717, 1.165) is 0 Å². The molecule has 20 heavy (non-hydrogen) atoms. The maximum atomic E-state index is 12.2. The average Bonchev–Trinajstić information content (AvgIpc) is 2.83. The molecule has 6 heteroatoms. The molecule has 3 aromatic rings. The molecule has 0 saturated carbocycles. The second-order valence-corrected chi connectivity index (χ2v) is 4.37. The number of carbonyl (C=O) groups excluding carboxylic acids is 1. The van der Waals surface area contributed by atoms with Gasteiger partial charge in [0, 0.05) is 23.0 Å². The van der Waals surface area contributed by atoms with Crippen molar-refractivity contribution in [2.24, 2.45) is 0 Å². The fourth-order valence-electron chi connectivity index (χ4n) is 2.00. The van der Waals surface area contributed by atoms with Crippen LogP contribution < -0.4 is 10.9 Å². The van der Waals surface area contributed by atoms with Crippen LogP contribution in [0.4, 0.5) is 5.82 Å². The molecule has 0 aliphatic carbocycles. The topological polar surface area (TPSA) is 88.0 Å². The largest absolute Gasteiger partial charge is 0.360 e. The Hall–Kier alpha value is -2.89. The lowest BCUT2D eigenvalue weighted by Crippen LogP contribution is -2.17. The number of nitrogens with zero attached hydrogens (tertiary/aromatic N) is 1. The molecule has 0 bridgehead atoms. The van der Waals surface area contributed by atoms with Gasteiger partial charge in [0.2, 0.25) is 5.56 Å². The monoisotopic (exact) mass is 269 g/mol. The summed E-state index contributed by atoms with van der Waals surface area (Å²) < 4.78 is 4.88. The summed E-state index contributed by atoms with van der Waals surface area (Å²) in [6.45, 7) is 1.73. The third kappa shape index (κ3) is 2.18. The first-order valence-electron chi connectivity index (χ1n) is 6.00. The quantitative estimate of drug-likeness (QED) is 0.745. The lowest BCUT2D eigenvalue weighted by molar-refractivity contribution is 0.102. The van der Waals surface area contributed by atoms with Gasteiger partial charge in [-0.1, -0.05) is 23.4 Å². The van der Waals surface area contributed by atoms with Gasteiger partial charge in [-0.15, -0.1) is 0 Å². The summed E-state index contributed by atoms with van der Waals surface area (Å²) in [4.78, 5) is 26.5. The fourth-order valence-corrected chi connectivity index (χ4v) is 2.00. The van der Waals surface area contributed by atoms with Gasteiger partial charge in [-0.3, -0.25) is 9.59 Å². The van der Waals surface area contributed by atoms with Crippen LogP contribution >= 0.6 is 0 Å². The molecule has 100 valence electrons. The van der Waals surface area contributed by atoms with Crippen LogP contribution in [0.2, 0.25) is 0 Å². The Morgan fingerprint density at radius 3 is 2.85 bits per heavy atom. The normalized spacial score (nSPS) is 10.7. The molecule has 0 atom stereocenters. The molecular weight excluding hydrogens is 258 g/mol. The Bertz CT molecular complexity index is 848. The van der Waals surface area contributed by atoms with Gasteiger partial charge in [-0.05, 0) is 13.0 Å². The number of hydrogen-bond acceptors (Lipinski definition) is 4. The van der Waals surface area contributed by atoms with Crippen LogP contribution in [0.15, 0.2) is 45.7 Å². The summed E-state index contributed by atoms with van der Waals surface area (Å²) >= 11 is 0. The molecule has 2 heterocycles. The van der Waals surface area contributed by atoms with E-state index >= 15 is 0 Å². The van der Waals surface area contributed by atoms with E-state index in [2.05, 4.69) is 15.5 Å². The molecule has 0 spiro atoms. The molecule has 1 aromatic carbocycles. The lowest BCUT2D eigenvalue weighted by Gasteiger charge is -2.05. The van der Waals surface area contributed by atoms with Crippen molar-refractivity contribution in [1.82, 2.24) is 10.1 Å². The number of pyridine rings is 1. The number of nitrogens with one attached hydrogen (secondary N) is 2. The Morgan fingerprint density at radius 2 is 2.10 bits per heavy atom. The van der Waals surface area contributed by atoms with Crippen molar-refractivity contribution in [3.63, 3.8) is 0 Å². The summed E-state index contributed by atoms with van der Waals surface area (Å²) in [5.41, 5.74) is 0.580. The van der Waals surface area contributed by atoms with E-state index in [1.54, 1.807) is 37.3 Å². The van der Waals surface area contributed by atoms with Crippen molar-refractivity contribution in [1.29, 1.82) is 0 Å². The number of aromatic amines is 1. The Morgan fingerprint density at radius 1 is 1.30 bits per heavy atom. The van der Waals surface area contributed by atoms with Gasteiger partial charge in [-0.2, -0.15) is 0 Å². The van der Waals surface area contributed by atoms with Crippen molar-refractivity contribution in [3.05, 3.63) is 58.1 Å². The second kappa shape index (κ2) is 4.65. The van der Waals surface area contributed by atoms with Crippen LogP contribution in [0.5, 0.6) is 0 Å². The molecule has 0 radical (unpaired) electrons. The Kier molecular flexibility index (Phi) is 2.83. The molecule has 2 N–H and O–H groups in total. The fraction of sp³-hybridized carbons (Fsp3) is 0.0714. The van der Waals surface area contributed by atoms with Crippen molar-refractivity contribution in [2.75, 3.05) is 5.32 Å². The van der Waals surface area contributed by atoms with Crippen LogP contribution in [-0.2, 0) is 0 Å². The minimum absolute atomic E-state index is 0.296. The van der Waals surface area contributed by atoms with Gasteiger partial charge < -0.3 is 14.8 Å². The van der Waals surface area contributed by atoms with E-state index in [9.17, 15) is 9.59 Å². The SMILES string of the molecule is Cc1cc(NC(=O)c2cc(=O)[nH]c3ccccc23)no1. The first-order chi connectivity index (χ1) is 9.63. The van der Waals surface area contributed by atoms with E-state index in [0.29, 0.717) is 28.0 Å². The van der Waals surface area contributed by atoms with Gasteiger partial charge in [-0.25, -0.2) is 0 Å². The van der Waals surface area contributed by atoms with Gasteiger partial charge in [0.15, 0.2) is 5.82 Å². The third-order valence-electron chi connectivity index (χ3n) is 2.86. The zero-order chi connectivity index (χ0) is 14.1. The standard InChI is InChI=1S/C14H11N3O3/c1-8-6-12(17-20-8)16-14(19)10-7-13(18)15-11-5-3-2-4-9(10)11/h2-7H,1H3,(H,15,18)(H,16,17,19). The number of benzene rings is 1. The van der Waals surface area contributed by atoms with Crippen LogP contribution in [0.3, 0.4) is 0 Å². The van der Waals surface area contributed by atoms with E-state index in [1.165, 1.54) is 6.07 Å². The minimum Gasteiger partial charge on any atom is -0.360 e. The van der Waals surface area contributed by atoms with Crippen LogP contribution in [0.1, 0.15) is 16.1 Å². The molecule has 0 unspecified atom stereocenters. The van der Waals surface area contributed by atoms with Crippen LogP contribution in [0.25, 0.3) is 10.9 Å². The molecule has 0 fully saturated rings. The maximum Gasteiger partial charge on any atom is 0.257 e. The third-order valence-corrected chi connectivity index (χ3v) is 2.86. The molecule has 1 amide bonds. The van der Waals surface area contributed by atoms with Crippen molar-refractivity contribution < 1.29 is 9.32 Å². The summed E-state index contributed by atoms with van der Waals surface area (Å²) in [5, 5.41) is 6.96. The van der Waals surface area contributed by atoms with E-state index in [1.807, 2.05) is 0 Å². The number of H-pyrrole nitrogens is 1. The van der Waals surface area contributed by atoms with Gasteiger partial charge in [0.05, 0.1) is 5.56 Å². The van der Waals surface area contributed by atoms with Crippen LogP contribution in [-0.4, -0.2) is 16.0 Å². The van der Waals surface area contributed by atoms with E-state index < -0.39 is 5.91 Å². The predicted molar refractivity (Wildman–Crippen MR) is 73.8 cm³/mol. The first-order valence-corrected chi connectivity index (χ1v) is 6.00. The number of hydrogen-bond donors (Lipinski definition) is 2. The number of aromatic nitrogens is 2. The maximum absolute atomic E-state index is 12.2. The average molecular weight is 269 g/mol. The minimum atomic E-state index is -0.402. The smallest absolute Gasteiger partial charge is 0.257 e. The Labute approximate surface area is 113 Å². The second-order valence-electron chi connectivity index (χ2n) is 4.37. The van der Waals surface area contributed by atoms with Crippen molar-refractivity contribution in [3.8, 4) is 0 Å². The number of anilines is 1. The summed E-state index contributed by atoms with van der Waals surface area (Å²) in [5.74, 6) is 0.508. The lowest BCUT2D eigenvalue weighted by atomic mass is 10.1. The zero-order valence-electron chi connectivity index (χ0n) is 10.6. The highest BCUT2D eigenvalue weighted by molar-refractivity contribution is 6.11. The highest BCUT2D eigenvalue weighted by Gasteiger charge is 2.13. The van der Waals surface area contributed by atoms with Gasteiger partial charge >= 0.3 is 0 Å².